The van der Waals surface area contributed by atoms with E-state index in [1.807, 2.05) is 0 Å². The van der Waals surface area contributed by atoms with E-state index >= 15 is 0 Å². The molecular weight excluding hydrogens is 229 g/mol. The molecule has 0 fully saturated rings. The van der Waals surface area contributed by atoms with Crippen LogP contribution in [0.3, 0.4) is 0 Å². The van der Waals surface area contributed by atoms with Crippen molar-refractivity contribution in [1.29, 1.82) is 0 Å². The quantitative estimate of drug-likeness (QED) is 0.825. The lowest BCUT2D eigenvalue weighted by atomic mass is 10.2. The summed E-state index contributed by atoms with van der Waals surface area (Å²) in [6.45, 7) is 0. The van der Waals surface area contributed by atoms with Crippen LogP contribution in [-0.2, 0) is 0 Å². The van der Waals surface area contributed by atoms with Gasteiger partial charge in [0, 0.05) is 0 Å². The molecule has 1 aromatic heterocycles. The van der Waals surface area contributed by atoms with E-state index in [0.29, 0.717) is 11.1 Å². The predicted molar refractivity (Wildman–Crippen MR) is 55.5 cm³/mol. The molecule has 0 aliphatic rings. The van der Waals surface area contributed by atoms with Crippen LogP contribution in [0, 0.1) is 0 Å². The number of halogens is 2. The van der Waals surface area contributed by atoms with Crippen LogP contribution in [0.1, 0.15) is 10.4 Å². The van der Waals surface area contributed by atoms with Crippen LogP contribution in [0.5, 0.6) is 0 Å². The van der Waals surface area contributed by atoms with Gasteiger partial charge in [0.1, 0.15) is 5.52 Å². The molecule has 0 saturated carbocycles. The number of fused-ring (bicyclic) bond motifs is 1. The van der Waals surface area contributed by atoms with E-state index in [1.165, 1.54) is 12.5 Å². The number of nitrogens with zero attached hydrogens (tertiary/aromatic N) is 1. The summed E-state index contributed by atoms with van der Waals surface area (Å²) in [5, 5.41) is 8.72. The molecule has 0 aliphatic carbocycles. The van der Waals surface area contributed by atoms with Crippen molar-refractivity contribution in [1.82, 2.24) is 4.98 Å². The number of carboxylic acid groups (broad SMARTS) is 1. The van der Waals surface area contributed by atoms with Crippen LogP contribution in [-0.4, -0.2) is 16.1 Å². The second-order valence-electron chi connectivity index (χ2n) is 2.31. The molecule has 0 bridgehead atoms. The van der Waals surface area contributed by atoms with Gasteiger partial charge < -0.3 is 9.52 Å². The van der Waals surface area contributed by atoms with Crippen molar-refractivity contribution < 1.29 is 14.3 Å². The number of carbonyl (C=O) groups is 1. The van der Waals surface area contributed by atoms with Crippen LogP contribution in [0.25, 0.3) is 11.1 Å². The van der Waals surface area contributed by atoms with Gasteiger partial charge in [0.05, 0.1) is 5.56 Å². The third-order valence-electron chi connectivity index (χ3n) is 1.59. The lowest BCUT2D eigenvalue weighted by molar-refractivity contribution is 0.0699. The Morgan fingerprint density at radius 3 is 2.71 bits per heavy atom. The van der Waals surface area contributed by atoms with Crippen LogP contribution in [0.15, 0.2) is 29.0 Å². The van der Waals surface area contributed by atoms with Gasteiger partial charge in [-0.05, 0) is 12.1 Å². The first-order chi connectivity index (χ1) is 5.79. The number of para-hydroxylation sites is 1. The molecule has 6 heteroatoms. The van der Waals surface area contributed by atoms with Crippen molar-refractivity contribution in [2.75, 3.05) is 0 Å². The fourth-order valence-corrected chi connectivity index (χ4v) is 1.06. The molecule has 14 heavy (non-hydrogen) atoms. The monoisotopic (exact) mass is 235 g/mol. The zero-order valence-corrected chi connectivity index (χ0v) is 8.47. The molecule has 1 aromatic carbocycles. The summed E-state index contributed by atoms with van der Waals surface area (Å²) in [4.78, 5) is 14.4. The van der Waals surface area contributed by atoms with Crippen molar-refractivity contribution in [2.45, 2.75) is 0 Å². The zero-order chi connectivity index (χ0) is 8.55. The highest BCUT2D eigenvalue weighted by atomic mass is 35.5. The highest BCUT2D eigenvalue weighted by Gasteiger charge is 2.09. The summed E-state index contributed by atoms with van der Waals surface area (Å²) in [5.74, 6) is -0.991. The van der Waals surface area contributed by atoms with Gasteiger partial charge in [-0.25, -0.2) is 9.78 Å². The summed E-state index contributed by atoms with van der Waals surface area (Å²) < 4.78 is 4.93. The standard InChI is InChI=1S/C8H5NO3.2ClH/c10-8(11)5-2-1-3-6-7(5)9-4-12-6;;/h1-4H,(H,10,11);2*1H. The zero-order valence-electron chi connectivity index (χ0n) is 6.84. The molecule has 1 heterocycles. The number of aromatic carboxylic acids is 1. The van der Waals surface area contributed by atoms with Crippen molar-refractivity contribution in [3.63, 3.8) is 0 Å². The van der Waals surface area contributed by atoms with Gasteiger partial charge in [0.2, 0.25) is 0 Å². The Labute approximate surface area is 91.8 Å². The van der Waals surface area contributed by atoms with Crippen LogP contribution < -0.4 is 0 Å². The number of aromatic nitrogens is 1. The first-order valence-electron chi connectivity index (χ1n) is 3.34. The predicted octanol–water partition coefficient (Wildman–Crippen LogP) is 2.37. The maximum absolute atomic E-state index is 10.6. The Morgan fingerprint density at radius 1 is 1.36 bits per heavy atom. The number of oxazole rings is 1. The van der Waals surface area contributed by atoms with Crippen molar-refractivity contribution in [3.05, 3.63) is 30.2 Å². The normalized spacial score (nSPS) is 8.86. The van der Waals surface area contributed by atoms with E-state index in [9.17, 15) is 4.79 Å². The smallest absolute Gasteiger partial charge is 0.338 e. The maximum Gasteiger partial charge on any atom is 0.338 e. The van der Waals surface area contributed by atoms with Gasteiger partial charge in [-0.2, -0.15) is 0 Å². The van der Waals surface area contributed by atoms with Gasteiger partial charge in [-0.3, -0.25) is 0 Å². The topological polar surface area (TPSA) is 63.3 Å². The molecule has 0 radical (unpaired) electrons. The minimum absolute atomic E-state index is 0. The lowest BCUT2D eigenvalue weighted by Crippen LogP contribution is -1.96. The van der Waals surface area contributed by atoms with E-state index in [4.69, 9.17) is 9.52 Å². The summed E-state index contributed by atoms with van der Waals surface area (Å²) in [6.07, 6.45) is 1.23. The van der Waals surface area contributed by atoms with Crippen LogP contribution >= 0.6 is 24.8 Å². The molecule has 0 unspecified atom stereocenters. The van der Waals surface area contributed by atoms with E-state index in [-0.39, 0.29) is 30.4 Å². The number of carboxylic acids is 1. The average molecular weight is 236 g/mol. The van der Waals surface area contributed by atoms with Gasteiger partial charge in [0.25, 0.3) is 0 Å². The summed E-state index contributed by atoms with van der Waals surface area (Å²) in [5.41, 5.74) is 1.06. The molecule has 0 atom stereocenters. The summed E-state index contributed by atoms with van der Waals surface area (Å²) in [6, 6.07) is 4.79. The van der Waals surface area contributed by atoms with Crippen molar-refractivity contribution in [3.8, 4) is 0 Å². The maximum atomic E-state index is 10.6. The molecule has 4 nitrogen and oxygen atoms in total. The van der Waals surface area contributed by atoms with E-state index in [2.05, 4.69) is 4.98 Å². The van der Waals surface area contributed by atoms with Crippen LogP contribution in [0.4, 0.5) is 0 Å². The SMILES string of the molecule is Cl.Cl.O=C(O)c1cccc2ocnc12. The van der Waals surface area contributed by atoms with E-state index in [0.717, 1.165) is 0 Å². The number of rotatable bonds is 1. The number of hydrogen-bond donors (Lipinski definition) is 1. The summed E-state index contributed by atoms with van der Waals surface area (Å²) >= 11 is 0. The van der Waals surface area contributed by atoms with Crippen molar-refractivity contribution in [2.24, 2.45) is 0 Å². The molecule has 0 aliphatic heterocycles. The largest absolute Gasteiger partial charge is 0.478 e. The molecule has 76 valence electrons. The van der Waals surface area contributed by atoms with Gasteiger partial charge in [-0.15, -0.1) is 24.8 Å². The third-order valence-corrected chi connectivity index (χ3v) is 1.59. The highest BCUT2D eigenvalue weighted by Crippen LogP contribution is 2.16. The minimum Gasteiger partial charge on any atom is -0.478 e. The number of benzene rings is 1. The second kappa shape index (κ2) is 4.83. The molecule has 1 N–H and O–H groups in total. The average Bonchev–Trinajstić information content (AvgIpc) is 2.49. The van der Waals surface area contributed by atoms with Gasteiger partial charge >= 0.3 is 5.97 Å². The first-order valence-corrected chi connectivity index (χ1v) is 3.34. The Balaban J connectivity index is 0.000000845. The molecular formula is C8H7Cl2NO3. The molecule has 2 aromatic rings. The molecule has 0 saturated heterocycles. The molecule has 0 spiro atoms. The number of hydrogen-bond acceptors (Lipinski definition) is 3. The molecule has 0 amide bonds. The fourth-order valence-electron chi connectivity index (χ4n) is 1.06. The Kier molecular flexibility index (Phi) is 4.40. The summed E-state index contributed by atoms with van der Waals surface area (Å²) in [7, 11) is 0. The Hall–Kier alpha value is -1.26. The van der Waals surface area contributed by atoms with Gasteiger partial charge in [0.15, 0.2) is 12.0 Å². The lowest BCUT2D eigenvalue weighted by Gasteiger charge is -1.92. The van der Waals surface area contributed by atoms with Crippen molar-refractivity contribution >= 4 is 41.9 Å². The van der Waals surface area contributed by atoms with Gasteiger partial charge in [-0.1, -0.05) is 6.07 Å². The van der Waals surface area contributed by atoms with E-state index in [1.54, 1.807) is 12.1 Å². The molecule has 2 rings (SSSR count). The Bertz CT molecular complexity index is 441. The Morgan fingerprint density at radius 2 is 2.07 bits per heavy atom. The van der Waals surface area contributed by atoms with Crippen LogP contribution in [0.2, 0.25) is 0 Å². The first kappa shape index (κ1) is 12.7. The minimum atomic E-state index is -0.991. The second-order valence-corrected chi connectivity index (χ2v) is 2.31. The third kappa shape index (κ3) is 1.97. The highest BCUT2D eigenvalue weighted by molar-refractivity contribution is 6.00. The fraction of sp³-hybridized carbons (Fsp3) is 0. The van der Waals surface area contributed by atoms with E-state index < -0.39 is 5.97 Å².